The standard InChI is InChI=1S/C22H33N3/c1-21-9-7-16(23)13-15(21)3-4-17-18-5-6-20(25-12-11-24-14-25)22(18,2)10-8-19(17)21/h6,11-12,14-19H,3-5,7-10,13,23H2,1-2H3/t15?,16-,17?,18?,19?,21?,22?/m1/s1. The van der Waals surface area contributed by atoms with Crippen LogP contribution in [0.2, 0.25) is 0 Å². The van der Waals surface area contributed by atoms with Gasteiger partial charge in [-0.2, -0.15) is 0 Å². The van der Waals surface area contributed by atoms with Gasteiger partial charge in [-0.1, -0.05) is 19.9 Å². The Kier molecular flexibility index (Phi) is 3.51. The van der Waals surface area contributed by atoms with Crippen molar-refractivity contribution in [3.05, 3.63) is 24.8 Å². The highest BCUT2D eigenvalue weighted by molar-refractivity contribution is 5.56. The van der Waals surface area contributed by atoms with Gasteiger partial charge in [0.2, 0.25) is 0 Å². The predicted molar refractivity (Wildman–Crippen MR) is 102 cm³/mol. The molecular formula is C22H33N3. The van der Waals surface area contributed by atoms with E-state index >= 15 is 0 Å². The van der Waals surface area contributed by atoms with Gasteiger partial charge in [-0.3, -0.25) is 0 Å². The molecule has 2 N–H and O–H groups in total. The molecule has 6 unspecified atom stereocenters. The third-order valence-corrected chi connectivity index (χ3v) is 9.03. The topological polar surface area (TPSA) is 43.8 Å². The molecule has 0 spiro atoms. The Bertz CT molecular complexity index is 677. The molecule has 136 valence electrons. The molecule has 0 aliphatic heterocycles. The number of hydrogen-bond acceptors (Lipinski definition) is 2. The fraction of sp³-hybridized carbons (Fsp3) is 0.773. The van der Waals surface area contributed by atoms with Gasteiger partial charge in [-0.25, -0.2) is 4.98 Å². The van der Waals surface area contributed by atoms with Crippen LogP contribution >= 0.6 is 0 Å². The van der Waals surface area contributed by atoms with E-state index in [9.17, 15) is 0 Å². The predicted octanol–water partition coefficient (Wildman–Crippen LogP) is 4.70. The second-order valence-electron chi connectivity index (χ2n) is 9.94. The number of hydrogen-bond donors (Lipinski definition) is 1. The average molecular weight is 340 g/mol. The van der Waals surface area contributed by atoms with Crippen molar-refractivity contribution in [1.29, 1.82) is 0 Å². The third kappa shape index (κ3) is 2.17. The number of rotatable bonds is 1. The van der Waals surface area contributed by atoms with Crippen LogP contribution < -0.4 is 5.73 Å². The van der Waals surface area contributed by atoms with Gasteiger partial charge in [-0.15, -0.1) is 0 Å². The van der Waals surface area contributed by atoms with Crippen molar-refractivity contribution < 1.29 is 0 Å². The van der Waals surface area contributed by atoms with Crippen LogP contribution in [0, 0.1) is 34.5 Å². The molecule has 5 rings (SSSR count). The number of imidazole rings is 1. The number of nitrogens with two attached hydrogens (primary N) is 1. The van der Waals surface area contributed by atoms with E-state index in [0.29, 0.717) is 16.9 Å². The number of aromatic nitrogens is 2. The first-order chi connectivity index (χ1) is 12.0. The molecule has 3 saturated carbocycles. The summed E-state index contributed by atoms with van der Waals surface area (Å²) in [5.41, 5.74) is 8.75. The Morgan fingerprint density at radius 1 is 1.12 bits per heavy atom. The van der Waals surface area contributed by atoms with E-state index in [2.05, 4.69) is 35.7 Å². The molecule has 1 aromatic rings. The highest BCUT2D eigenvalue weighted by Gasteiger charge is 2.58. The zero-order valence-corrected chi connectivity index (χ0v) is 15.8. The van der Waals surface area contributed by atoms with Crippen LogP contribution in [0.3, 0.4) is 0 Å². The van der Waals surface area contributed by atoms with Gasteiger partial charge >= 0.3 is 0 Å². The van der Waals surface area contributed by atoms with Crippen LogP contribution in [0.1, 0.15) is 65.2 Å². The first-order valence-electron chi connectivity index (χ1n) is 10.5. The average Bonchev–Trinajstić information content (AvgIpc) is 3.22. The Hall–Kier alpha value is -1.09. The van der Waals surface area contributed by atoms with E-state index in [1.54, 1.807) is 0 Å². The van der Waals surface area contributed by atoms with Gasteiger partial charge in [-0.05, 0) is 80.5 Å². The molecule has 3 heteroatoms. The first kappa shape index (κ1) is 16.1. The molecule has 4 aliphatic carbocycles. The summed E-state index contributed by atoms with van der Waals surface area (Å²) in [7, 11) is 0. The monoisotopic (exact) mass is 339 g/mol. The molecule has 3 fully saturated rings. The van der Waals surface area contributed by atoms with Crippen molar-refractivity contribution in [1.82, 2.24) is 9.55 Å². The van der Waals surface area contributed by atoms with Crippen molar-refractivity contribution in [2.75, 3.05) is 0 Å². The van der Waals surface area contributed by atoms with Gasteiger partial charge in [0.05, 0.1) is 6.33 Å². The number of nitrogens with zero attached hydrogens (tertiary/aromatic N) is 2. The molecule has 0 radical (unpaired) electrons. The molecule has 0 bridgehead atoms. The Labute approximate surface area is 152 Å². The Balaban J connectivity index is 1.44. The lowest BCUT2D eigenvalue weighted by Crippen LogP contribution is -2.54. The van der Waals surface area contributed by atoms with Crippen LogP contribution in [0.25, 0.3) is 5.70 Å². The summed E-state index contributed by atoms with van der Waals surface area (Å²) in [5.74, 6) is 3.54. The lowest BCUT2D eigenvalue weighted by molar-refractivity contribution is -0.0987. The normalized spacial score (nSPS) is 49.1. The Morgan fingerprint density at radius 2 is 2.00 bits per heavy atom. The molecule has 0 amide bonds. The maximum atomic E-state index is 6.33. The molecule has 4 aliphatic rings. The van der Waals surface area contributed by atoms with Gasteiger partial charge in [0.15, 0.2) is 0 Å². The van der Waals surface area contributed by atoms with E-state index in [-0.39, 0.29) is 0 Å². The summed E-state index contributed by atoms with van der Waals surface area (Å²) in [6, 6.07) is 0.462. The second kappa shape index (κ2) is 5.45. The van der Waals surface area contributed by atoms with E-state index < -0.39 is 0 Å². The highest BCUT2D eigenvalue weighted by Crippen LogP contribution is 2.66. The van der Waals surface area contributed by atoms with Crippen LogP contribution in [0.15, 0.2) is 24.8 Å². The maximum Gasteiger partial charge on any atom is 0.0989 e. The number of fused-ring (bicyclic) bond motifs is 5. The minimum atomic E-state index is 0.343. The molecule has 0 saturated heterocycles. The van der Waals surface area contributed by atoms with E-state index in [4.69, 9.17) is 5.73 Å². The van der Waals surface area contributed by atoms with Crippen molar-refractivity contribution in [3.8, 4) is 0 Å². The molecule has 1 aromatic heterocycles. The van der Waals surface area contributed by atoms with Crippen molar-refractivity contribution >= 4 is 5.70 Å². The summed E-state index contributed by atoms with van der Waals surface area (Å²) in [5, 5.41) is 0. The van der Waals surface area contributed by atoms with Gasteiger partial charge in [0.1, 0.15) is 0 Å². The van der Waals surface area contributed by atoms with Crippen LogP contribution in [-0.4, -0.2) is 15.6 Å². The molecule has 3 nitrogen and oxygen atoms in total. The minimum Gasteiger partial charge on any atom is -0.328 e. The SMILES string of the molecule is CC12CCC3C(CCC4C[C@H](N)CCC43C)C1CC=C2n1ccnc1. The lowest BCUT2D eigenvalue weighted by atomic mass is 9.45. The summed E-state index contributed by atoms with van der Waals surface area (Å²) in [4.78, 5) is 4.30. The largest absolute Gasteiger partial charge is 0.328 e. The van der Waals surface area contributed by atoms with Gasteiger partial charge < -0.3 is 10.3 Å². The zero-order valence-electron chi connectivity index (χ0n) is 15.8. The Morgan fingerprint density at radius 3 is 2.80 bits per heavy atom. The maximum absolute atomic E-state index is 6.33. The first-order valence-corrected chi connectivity index (χ1v) is 10.5. The highest BCUT2D eigenvalue weighted by atomic mass is 15.1. The second-order valence-corrected chi connectivity index (χ2v) is 9.94. The lowest BCUT2D eigenvalue weighted by Gasteiger charge is -2.60. The van der Waals surface area contributed by atoms with Gasteiger partial charge in [0, 0.05) is 29.5 Å². The summed E-state index contributed by atoms with van der Waals surface area (Å²) >= 11 is 0. The van der Waals surface area contributed by atoms with E-state index in [1.165, 1.54) is 57.1 Å². The fourth-order valence-electron chi connectivity index (χ4n) is 7.64. The molecule has 0 aromatic carbocycles. The quantitative estimate of drug-likeness (QED) is 0.805. The summed E-state index contributed by atoms with van der Waals surface area (Å²) < 4.78 is 2.29. The molecule has 1 heterocycles. The van der Waals surface area contributed by atoms with Crippen molar-refractivity contribution in [2.45, 2.75) is 71.3 Å². The van der Waals surface area contributed by atoms with E-state index in [1.807, 2.05) is 12.5 Å². The third-order valence-electron chi connectivity index (χ3n) is 9.03. The summed E-state index contributed by atoms with van der Waals surface area (Å²) in [6.45, 7) is 5.17. The van der Waals surface area contributed by atoms with Crippen molar-refractivity contribution in [3.63, 3.8) is 0 Å². The minimum absolute atomic E-state index is 0.343. The number of allylic oxidation sites excluding steroid dienone is 2. The van der Waals surface area contributed by atoms with Gasteiger partial charge in [0.25, 0.3) is 0 Å². The van der Waals surface area contributed by atoms with E-state index in [0.717, 1.165) is 23.7 Å². The molecule has 25 heavy (non-hydrogen) atoms. The molecular weight excluding hydrogens is 306 g/mol. The molecule has 7 atom stereocenters. The van der Waals surface area contributed by atoms with Crippen LogP contribution in [0.4, 0.5) is 0 Å². The smallest absolute Gasteiger partial charge is 0.0989 e. The van der Waals surface area contributed by atoms with Crippen LogP contribution in [0.5, 0.6) is 0 Å². The summed E-state index contributed by atoms with van der Waals surface area (Å²) in [6.07, 6.45) is 19.3. The van der Waals surface area contributed by atoms with Crippen molar-refractivity contribution in [2.24, 2.45) is 40.2 Å². The fourth-order valence-corrected chi connectivity index (χ4v) is 7.64. The van der Waals surface area contributed by atoms with Crippen LogP contribution in [-0.2, 0) is 0 Å². The zero-order chi connectivity index (χ0) is 17.2.